The minimum absolute atomic E-state index is 0.0926. The number of pyridine rings is 1. The second-order valence-electron chi connectivity index (χ2n) is 7.74. The number of carbonyl (C=O) groups excluding carboxylic acids is 1. The van der Waals surface area contributed by atoms with Gasteiger partial charge in [0.2, 0.25) is 0 Å². The van der Waals surface area contributed by atoms with Crippen LogP contribution in [0, 0.1) is 13.8 Å². The van der Waals surface area contributed by atoms with Crippen molar-refractivity contribution >= 4 is 5.91 Å². The van der Waals surface area contributed by atoms with Crippen molar-refractivity contribution in [2.45, 2.75) is 19.9 Å². The summed E-state index contributed by atoms with van der Waals surface area (Å²) in [6.45, 7) is 7.50. The molecule has 0 saturated carbocycles. The lowest BCUT2D eigenvalue weighted by atomic mass is 9.92. The van der Waals surface area contributed by atoms with Gasteiger partial charge in [-0.1, -0.05) is 54.1 Å². The third-order valence-electron chi connectivity index (χ3n) is 5.74. The molecule has 148 valence electrons. The van der Waals surface area contributed by atoms with E-state index in [1.807, 2.05) is 4.90 Å². The van der Waals surface area contributed by atoms with Gasteiger partial charge >= 0.3 is 0 Å². The highest BCUT2D eigenvalue weighted by molar-refractivity contribution is 5.94. The number of amides is 1. The van der Waals surface area contributed by atoms with Gasteiger partial charge in [-0.05, 0) is 42.7 Å². The first-order valence-electron chi connectivity index (χ1n) is 10.2. The number of aromatic nitrogens is 1. The van der Waals surface area contributed by atoms with Gasteiger partial charge in [0.15, 0.2) is 0 Å². The highest BCUT2D eigenvalue weighted by Crippen LogP contribution is 2.32. The fraction of sp³-hybridized carbons (Fsp3) is 0.280. The first-order chi connectivity index (χ1) is 14.1. The lowest BCUT2D eigenvalue weighted by Gasteiger charge is -2.40. The highest BCUT2D eigenvalue weighted by atomic mass is 16.2. The Bertz CT molecular complexity index is 964. The molecule has 0 bridgehead atoms. The summed E-state index contributed by atoms with van der Waals surface area (Å²) in [4.78, 5) is 21.3. The standard InChI is InChI=1S/C25H27N3O/c1-19-8-9-20(2)23(18-19)24(21-6-4-3-5-7-21)27-14-16-28(17-15-27)25(29)22-10-12-26-13-11-22/h3-13,18,24H,14-17H2,1-2H3/t24-/m1/s1. The largest absolute Gasteiger partial charge is 0.336 e. The fourth-order valence-electron chi connectivity index (χ4n) is 4.14. The van der Waals surface area contributed by atoms with Crippen molar-refractivity contribution in [1.82, 2.24) is 14.8 Å². The minimum atomic E-state index is 0.0926. The van der Waals surface area contributed by atoms with E-state index in [1.165, 1.54) is 22.3 Å². The Morgan fingerprint density at radius 1 is 0.897 bits per heavy atom. The van der Waals surface area contributed by atoms with Crippen LogP contribution in [0.1, 0.15) is 38.7 Å². The monoisotopic (exact) mass is 385 g/mol. The van der Waals surface area contributed by atoms with E-state index >= 15 is 0 Å². The molecule has 0 aliphatic carbocycles. The molecular formula is C25H27N3O. The molecule has 0 N–H and O–H groups in total. The smallest absolute Gasteiger partial charge is 0.254 e. The van der Waals surface area contributed by atoms with Gasteiger partial charge in [0.05, 0.1) is 6.04 Å². The van der Waals surface area contributed by atoms with E-state index in [1.54, 1.807) is 24.5 Å². The van der Waals surface area contributed by atoms with Crippen LogP contribution in [0.3, 0.4) is 0 Å². The number of hydrogen-bond donors (Lipinski definition) is 0. The maximum atomic E-state index is 12.8. The minimum Gasteiger partial charge on any atom is -0.336 e. The molecule has 3 aromatic rings. The van der Waals surface area contributed by atoms with Crippen molar-refractivity contribution in [3.05, 3.63) is 101 Å². The Kier molecular flexibility index (Phi) is 5.72. The highest BCUT2D eigenvalue weighted by Gasteiger charge is 2.29. The maximum Gasteiger partial charge on any atom is 0.254 e. The third kappa shape index (κ3) is 4.22. The number of carbonyl (C=O) groups is 1. The van der Waals surface area contributed by atoms with Gasteiger partial charge in [0.25, 0.3) is 5.91 Å². The molecule has 2 aromatic carbocycles. The van der Waals surface area contributed by atoms with Crippen molar-refractivity contribution < 1.29 is 4.79 Å². The Morgan fingerprint density at radius 2 is 1.59 bits per heavy atom. The SMILES string of the molecule is Cc1ccc(C)c([C@@H](c2ccccc2)N2CCN(C(=O)c3ccncc3)CC2)c1. The lowest BCUT2D eigenvalue weighted by molar-refractivity contribution is 0.0597. The van der Waals surface area contributed by atoms with Crippen LogP contribution in [0.15, 0.2) is 73.1 Å². The van der Waals surface area contributed by atoms with Crippen molar-refractivity contribution in [3.8, 4) is 0 Å². The number of benzene rings is 2. The molecule has 29 heavy (non-hydrogen) atoms. The van der Waals surface area contributed by atoms with E-state index in [9.17, 15) is 4.79 Å². The molecule has 0 spiro atoms. The van der Waals surface area contributed by atoms with Crippen LogP contribution in [-0.4, -0.2) is 46.9 Å². The Hall–Kier alpha value is -2.98. The fourth-order valence-corrected chi connectivity index (χ4v) is 4.14. The van der Waals surface area contributed by atoms with Crippen molar-refractivity contribution in [2.75, 3.05) is 26.2 Å². The van der Waals surface area contributed by atoms with Gasteiger partial charge in [-0.15, -0.1) is 0 Å². The molecule has 4 heteroatoms. The number of hydrogen-bond acceptors (Lipinski definition) is 3. The van der Waals surface area contributed by atoms with Gasteiger partial charge in [-0.3, -0.25) is 14.7 Å². The van der Waals surface area contributed by atoms with Crippen LogP contribution in [0.25, 0.3) is 0 Å². The molecule has 4 rings (SSSR count). The molecule has 4 nitrogen and oxygen atoms in total. The summed E-state index contributed by atoms with van der Waals surface area (Å²) in [5, 5.41) is 0. The number of rotatable bonds is 4. The van der Waals surface area contributed by atoms with Crippen LogP contribution in [0.4, 0.5) is 0 Å². The Balaban J connectivity index is 1.57. The van der Waals surface area contributed by atoms with Crippen LogP contribution in [-0.2, 0) is 0 Å². The van der Waals surface area contributed by atoms with Crippen LogP contribution in [0.2, 0.25) is 0 Å². The number of nitrogens with zero attached hydrogens (tertiary/aromatic N) is 3. The first-order valence-corrected chi connectivity index (χ1v) is 10.2. The zero-order valence-corrected chi connectivity index (χ0v) is 17.1. The third-order valence-corrected chi connectivity index (χ3v) is 5.74. The van der Waals surface area contributed by atoms with E-state index in [2.05, 4.69) is 72.3 Å². The molecule has 1 aliphatic rings. The number of piperazine rings is 1. The first kappa shape index (κ1) is 19.3. The molecule has 2 heterocycles. The average Bonchev–Trinajstić information content (AvgIpc) is 2.78. The van der Waals surface area contributed by atoms with Gasteiger partial charge in [0.1, 0.15) is 0 Å². The topological polar surface area (TPSA) is 36.4 Å². The second kappa shape index (κ2) is 8.58. The summed E-state index contributed by atoms with van der Waals surface area (Å²) >= 11 is 0. The van der Waals surface area contributed by atoms with Crippen LogP contribution in [0.5, 0.6) is 0 Å². The summed E-state index contributed by atoms with van der Waals surface area (Å²) < 4.78 is 0. The average molecular weight is 386 g/mol. The van der Waals surface area contributed by atoms with Gasteiger partial charge < -0.3 is 4.90 Å². The molecule has 1 aromatic heterocycles. The van der Waals surface area contributed by atoms with Crippen molar-refractivity contribution in [2.24, 2.45) is 0 Å². The predicted octanol–water partition coefficient (Wildman–Crippen LogP) is 4.25. The normalized spacial score (nSPS) is 15.9. The van der Waals surface area contributed by atoms with Crippen molar-refractivity contribution in [1.29, 1.82) is 0 Å². The van der Waals surface area contributed by atoms with Gasteiger partial charge in [-0.2, -0.15) is 0 Å². The van der Waals surface area contributed by atoms with Gasteiger partial charge in [-0.25, -0.2) is 0 Å². The molecule has 1 fully saturated rings. The van der Waals surface area contributed by atoms with Crippen molar-refractivity contribution in [3.63, 3.8) is 0 Å². The zero-order chi connectivity index (χ0) is 20.2. The van der Waals surface area contributed by atoms with Crippen LogP contribution < -0.4 is 0 Å². The van der Waals surface area contributed by atoms with E-state index in [4.69, 9.17) is 0 Å². The summed E-state index contributed by atoms with van der Waals surface area (Å²) in [5.41, 5.74) is 5.94. The molecule has 0 radical (unpaired) electrons. The molecular weight excluding hydrogens is 358 g/mol. The van der Waals surface area contributed by atoms with E-state index < -0.39 is 0 Å². The second-order valence-corrected chi connectivity index (χ2v) is 7.74. The molecule has 1 atom stereocenters. The summed E-state index contributed by atoms with van der Waals surface area (Å²) in [6, 6.07) is 21.2. The Morgan fingerprint density at radius 3 is 2.28 bits per heavy atom. The summed E-state index contributed by atoms with van der Waals surface area (Å²) in [5.74, 6) is 0.0926. The van der Waals surface area contributed by atoms with E-state index in [0.717, 1.165) is 26.2 Å². The molecule has 1 amide bonds. The molecule has 1 saturated heterocycles. The number of aryl methyl sites for hydroxylation is 2. The maximum absolute atomic E-state index is 12.8. The lowest BCUT2D eigenvalue weighted by Crippen LogP contribution is -2.50. The van der Waals surface area contributed by atoms with E-state index in [0.29, 0.717) is 5.56 Å². The molecule has 0 unspecified atom stereocenters. The van der Waals surface area contributed by atoms with Gasteiger partial charge in [0, 0.05) is 44.1 Å². The van der Waals surface area contributed by atoms with E-state index in [-0.39, 0.29) is 11.9 Å². The summed E-state index contributed by atoms with van der Waals surface area (Å²) in [6.07, 6.45) is 3.35. The Labute approximate surface area is 172 Å². The zero-order valence-electron chi connectivity index (χ0n) is 17.1. The van der Waals surface area contributed by atoms with Crippen LogP contribution >= 0.6 is 0 Å². The quantitative estimate of drug-likeness (QED) is 0.674. The summed E-state index contributed by atoms with van der Waals surface area (Å²) in [7, 11) is 0. The predicted molar refractivity (Wildman–Crippen MR) is 116 cm³/mol. The molecule has 1 aliphatic heterocycles.